The number of unbranched alkanes of at least 4 members (excludes halogenated alkanes) is 3. The summed E-state index contributed by atoms with van der Waals surface area (Å²) in [6.45, 7) is 6.25. The number of benzene rings is 1. The van der Waals surface area contributed by atoms with E-state index in [1.165, 1.54) is 18.2 Å². The summed E-state index contributed by atoms with van der Waals surface area (Å²) in [4.78, 5) is 29.0. The Morgan fingerprint density at radius 3 is 2.70 bits per heavy atom. The third-order valence-corrected chi connectivity index (χ3v) is 5.12. The minimum absolute atomic E-state index is 0.00893. The first-order chi connectivity index (χ1) is 11.0. The lowest BCUT2D eigenvalue weighted by atomic mass is 10.2. The van der Waals surface area contributed by atoms with Crippen LogP contribution in [0.15, 0.2) is 34.2 Å². The van der Waals surface area contributed by atoms with E-state index in [0.717, 1.165) is 19.3 Å². The smallest absolute Gasteiger partial charge is 0.262 e. The lowest BCUT2D eigenvalue weighted by Crippen LogP contribution is -2.24. The van der Waals surface area contributed by atoms with E-state index in [0.29, 0.717) is 22.6 Å². The monoisotopic (exact) mass is 332 g/mol. The van der Waals surface area contributed by atoms with Gasteiger partial charge in [-0.05, 0) is 32.4 Å². The van der Waals surface area contributed by atoms with Gasteiger partial charge in [-0.3, -0.25) is 14.2 Å². The SMILES string of the molecule is CCCCCCn1c(SC(C)C(C)=O)nc2ccccc2c1=O. The molecule has 0 fully saturated rings. The van der Waals surface area contributed by atoms with E-state index in [1.54, 1.807) is 11.5 Å². The molecule has 0 aliphatic heterocycles. The van der Waals surface area contributed by atoms with Crippen LogP contribution in [0.5, 0.6) is 0 Å². The third kappa shape index (κ3) is 4.44. The number of Topliss-reactive ketones (excluding diaryl/α,β-unsaturated/α-hetero) is 1. The van der Waals surface area contributed by atoms with Crippen LogP contribution in [-0.2, 0) is 11.3 Å². The summed E-state index contributed by atoms with van der Waals surface area (Å²) < 4.78 is 1.74. The molecule has 1 unspecified atom stereocenters. The van der Waals surface area contributed by atoms with Gasteiger partial charge < -0.3 is 0 Å². The summed E-state index contributed by atoms with van der Waals surface area (Å²) in [5.41, 5.74) is 0.686. The second-order valence-corrected chi connectivity index (χ2v) is 7.11. The van der Waals surface area contributed by atoms with E-state index in [2.05, 4.69) is 11.9 Å². The normalized spacial score (nSPS) is 12.5. The zero-order valence-electron chi connectivity index (χ0n) is 14.0. The van der Waals surface area contributed by atoms with Crippen LogP contribution in [0.2, 0.25) is 0 Å². The van der Waals surface area contributed by atoms with Crippen LogP contribution in [0.3, 0.4) is 0 Å². The van der Waals surface area contributed by atoms with Gasteiger partial charge in [-0.1, -0.05) is 50.1 Å². The lowest BCUT2D eigenvalue weighted by molar-refractivity contribution is -0.116. The van der Waals surface area contributed by atoms with Crippen LogP contribution in [0.4, 0.5) is 0 Å². The number of carbonyl (C=O) groups excluding carboxylic acids is 1. The van der Waals surface area contributed by atoms with Crippen LogP contribution in [0.1, 0.15) is 46.5 Å². The van der Waals surface area contributed by atoms with Crippen LogP contribution >= 0.6 is 11.8 Å². The summed E-state index contributed by atoms with van der Waals surface area (Å²) >= 11 is 1.37. The molecule has 0 radical (unpaired) electrons. The molecule has 4 nitrogen and oxygen atoms in total. The number of hydrogen-bond acceptors (Lipinski definition) is 4. The van der Waals surface area contributed by atoms with Crippen LogP contribution in [0.25, 0.3) is 10.9 Å². The second-order valence-electron chi connectivity index (χ2n) is 5.80. The fourth-order valence-corrected chi connectivity index (χ4v) is 3.31. The van der Waals surface area contributed by atoms with Gasteiger partial charge in [0, 0.05) is 6.54 Å². The van der Waals surface area contributed by atoms with Gasteiger partial charge in [0.1, 0.15) is 5.78 Å². The van der Waals surface area contributed by atoms with Crippen molar-refractivity contribution >= 4 is 28.4 Å². The summed E-state index contributed by atoms with van der Waals surface area (Å²) in [6, 6.07) is 7.40. The van der Waals surface area contributed by atoms with Crippen molar-refractivity contribution in [2.24, 2.45) is 0 Å². The molecule has 23 heavy (non-hydrogen) atoms. The summed E-state index contributed by atoms with van der Waals surface area (Å²) in [5.74, 6) is 0.0925. The predicted octanol–water partition coefficient (Wildman–Crippen LogP) is 4.05. The van der Waals surface area contributed by atoms with E-state index in [9.17, 15) is 9.59 Å². The Hall–Kier alpha value is -1.62. The molecule has 0 aliphatic carbocycles. The zero-order chi connectivity index (χ0) is 16.8. The summed E-state index contributed by atoms with van der Waals surface area (Å²) in [7, 11) is 0. The largest absolute Gasteiger partial charge is 0.299 e. The molecular formula is C18H24N2O2S. The van der Waals surface area contributed by atoms with Crippen molar-refractivity contribution in [3.63, 3.8) is 0 Å². The average molecular weight is 332 g/mol. The van der Waals surface area contributed by atoms with Crippen molar-refractivity contribution in [2.45, 2.75) is 63.4 Å². The second kappa shape index (κ2) is 8.29. The fraction of sp³-hybridized carbons (Fsp3) is 0.500. The van der Waals surface area contributed by atoms with E-state index in [1.807, 2.05) is 31.2 Å². The first kappa shape index (κ1) is 17.7. The van der Waals surface area contributed by atoms with Gasteiger partial charge in [0.2, 0.25) is 0 Å². The first-order valence-electron chi connectivity index (χ1n) is 8.21. The molecule has 1 heterocycles. The van der Waals surface area contributed by atoms with Gasteiger partial charge in [0.25, 0.3) is 5.56 Å². The maximum Gasteiger partial charge on any atom is 0.262 e. The molecule has 2 rings (SSSR count). The highest BCUT2D eigenvalue weighted by Crippen LogP contribution is 2.23. The molecule has 0 saturated carbocycles. The average Bonchev–Trinajstić information content (AvgIpc) is 2.53. The topological polar surface area (TPSA) is 52.0 Å². The Kier molecular flexibility index (Phi) is 6.39. The number of fused-ring (bicyclic) bond motifs is 1. The molecule has 0 aliphatic rings. The quantitative estimate of drug-likeness (QED) is 0.416. The molecule has 0 saturated heterocycles. The number of aromatic nitrogens is 2. The molecule has 1 aromatic carbocycles. The summed E-state index contributed by atoms with van der Waals surface area (Å²) in [5, 5.41) is 1.08. The molecule has 0 N–H and O–H groups in total. The Labute approximate surface area is 141 Å². The highest BCUT2D eigenvalue weighted by Gasteiger charge is 2.16. The van der Waals surface area contributed by atoms with Gasteiger partial charge in [0.15, 0.2) is 5.16 Å². The maximum atomic E-state index is 12.8. The van der Waals surface area contributed by atoms with Crippen molar-refractivity contribution in [1.82, 2.24) is 9.55 Å². The van der Waals surface area contributed by atoms with Gasteiger partial charge >= 0.3 is 0 Å². The van der Waals surface area contributed by atoms with E-state index in [-0.39, 0.29) is 16.6 Å². The van der Waals surface area contributed by atoms with Gasteiger partial charge in [-0.25, -0.2) is 4.98 Å². The molecule has 5 heteroatoms. The molecule has 124 valence electrons. The Morgan fingerprint density at radius 2 is 2.00 bits per heavy atom. The van der Waals surface area contributed by atoms with Crippen molar-refractivity contribution in [3.8, 4) is 0 Å². The molecule has 0 bridgehead atoms. The maximum absolute atomic E-state index is 12.8. The number of ketones is 1. The van der Waals surface area contributed by atoms with E-state index >= 15 is 0 Å². The number of rotatable bonds is 8. The highest BCUT2D eigenvalue weighted by molar-refractivity contribution is 8.00. The van der Waals surface area contributed by atoms with Crippen molar-refractivity contribution < 1.29 is 4.79 Å². The molecule has 2 aromatic rings. The Morgan fingerprint density at radius 1 is 1.26 bits per heavy atom. The standard InChI is InChI=1S/C18H24N2O2S/c1-4-5-6-9-12-20-17(22)15-10-7-8-11-16(15)19-18(20)23-14(3)13(2)21/h7-8,10-11,14H,4-6,9,12H2,1-3H3. The van der Waals surface area contributed by atoms with Gasteiger partial charge in [-0.15, -0.1) is 0 Å². The number of carbonyl (C=O) groups is 1. The predicted molar refractivity (Wildman–Crippen MR) is 96.1 cm³/mol. The lowest BCUT2D eigenvalue weighted by Gasteiger charge is -2.15. The molecule has 0 amide bonds. The minimum atomic E-state index is -0.204. The van der Waals surface area contributed by atoms with E-state index in [4.69, 9.17) is 0 Å². The van der Waals surface area contributed by atoms with E-state index < -0.39 is 0 Å². The van der Waals surface area contributed by atoms with Crippen LogP contribution in [-0.4, -0.2) is 20.6 Å². The van der Waals surface area contributed by atoms with Gasteiger partial charge in [0.05, 0.1) is 16.2 Å². The number of thioether (sulfide) groups is 1. The highest BCUT2D eigenvalue weighted by atomic mass is 32.2. The molecule has 1 aromatic heterocycles. The van der Waals surface area contributed by atoms with Crippen LogP contribution in [0, 0.1) is 0 Å². The number of para-hydroxylation sites is 1. The van der Waals surface area contributed by atoms with Crippen LogP contribution < -0.4 is 5.56 Å². The molecule has 0 spiro atoms. The fourth-order valence-electron chi connectivity index (χ4n) is 2.37. The number of nitrogens with zero attached hydrogens (tertiary/aromatic N) is 2. The Bertz CT molecular complexity index is 739. The third-order valence-electron chi connectivity index (χ3n) is 3.92. The first-order valence-corrected chi connectivity index (χ1v) is 9.09. The van der Waals surface area contributed by atoms with Gasteiger partial charge in [-0.2, -0.15) is 0 Å². The zero-order valence-corrected chi connectivity index (χ0v) is 14.9. The van der Waals surface area contributed by atoms with Crippen molar-refractivity contribution in [1.29, 1.82) is 0 Å². The minimum Gasteiger partial charge on any atom is -0.299 e. The Balaban J connectivity index is 2.40. The summed E-state index contributed by atoms with van der Waals surface area (Å²) in [6.07, 6.45) is 4.38. The van der Waals surface area contributed by atoms with Crippen molar-refractivity contribution in [2.75, 3.05) is 0 Å². The molecule has 1 atom stereocenters. The number of hydrogen-bond donors (Lipinski definition) is 0. The van der Waals surface area contributed by atoms with Crippen molar-refractivity contribution in [3.05, 3.63) is 34.6 Å². The molecular weight excluding hydrogens is 308 g/mol.